The third kappa shape index (κ3) is 2.96. The number of hydrogen-bond donors (Lipinski definition) is 2. The second-order valence-corrected chi connectivity index (χ2v) is 4.57. The van der Waals surface area contributed by atoms with Gasteiger partial charge in [-0.3, -0.25) is 4.90 Å². The van der Waals surface area contributed by atoms with Crippen LogP contribution in [-0.2, 0) is 0 Å². The highest BCUT2D eigenvalue weighted by Gasteiger charge is 2.21. The van der Waals surface area contributed by atoms with Crippen LogP contribution < -0.4 is 5.32 Å². The van der Waals surface area contributed by atoms with Gasteiger partial charge in [-0.05, 0) is 17.7 Å². The van der Waals surface area contributed by atoms with E-state index < -0.39 is 5.82 Å². The molecule has 1 aliphatic heterocycles. The Morgan fingerprint density at radius 3 is 2.71 bits per heavy atom. The maximum absolute atomic E-state index is 13.4. The van der Waals surface area contributed by atoms with Crippen LogP contribution in [0.3, 0.4) is 0 Å². The lowest BCUT2D eigenvalue weighted by Gasteiger charge is -2.34. The minimum Gasteiger partial charge on any atom is -0.394 e. The van der Waals surface area contributed by atoms with Crippen LogP contribution in [0.2, 0.25) is 5.02 Å². The summed E-state index contributed by atoms with van der Waals surface area (Å²) < 4.78 is 13.4. The van der Waals surface area contributed by atoms with Crippen LogP contribution in [0.1, 0.15) is 11.6 Å². The van der Waals surface area contributed by atoms with Crippen molar-refractivity contribution in [1.29, 1.82) is 0 Å². The maximum atomic E-state index is 13.4. The van der Waals surface area contributed by atoms with Crippen molar-refractivity contribution in [1.82, 2.24) is 10.2 Å². The first-order valence-electron chi connectivity index (χ1n) is 5.73. The van der Waals surface area contributed by atoms with Crippen molar-refractivity contribution >= 4 is 11.6 Å². The number of nitrogens with one attached hydrogen (secondary N) is 1. The number of aliphatic hydroxyl groups excluding tert-OH is 1. The molecule has 3 nitrogen and oxygen atoms in total. The van der Waals surface area contributed by atoms with E-state index in [-0.39, 0.29) is 17.7 Å². The molecule has 1 aliphatic rings. The van der Waals surface area contributed by atoms with Gasteiger partial charge in [-0.2, -0.15) is 0 Å². The van der Waals surface area contributed by atoms with Crippen LogP contribution in [-0.4, -0.2) is 42.8 Å². The summed E-state index contributed by atoms with van der Waals surface area (Å²) in [6.07, 6.45) is 0. The molecule has 2 N–H and O–H groups in total. The molecule has 5 heteroatoms. The van der Waals surface area contributed by atoms with Crippen LogP contribution in [0.15, 0.2) is 18.2 Å². The normalized spacial score (nSPS) is 19.2. The van der Waals surface area contributed by atoms with E-state index in [1.54, 1.807) is 6.07 Å². The monoisotopic (exact) mass is 258 g/mol. The Kier molecular flexibility index (Phi) is 4.34. The van der Waals surface area contributed by atoms with E-state index in [4.69, 9.17) is 11.6 Å². The fraction of sp³-hybridized carbons (Fsp3) is 0.500. The van der Waals surface area contributed by atoms with Crippen LogP contribution in [0.25, 0.3) is 0 Å². The molecule has 1 aromatic rings. The van der Waals surface area contributed by atoms with Crippen molar-refractivity contribution in [2.75, 3.05) is 32.8 Å². The quantitative estimate of drug-likeness (QED) is 0.861. The number of benzene rings is 1. The van der Waals surface area contributed by atoms with Crippen LogP contribution in [0.5, 0.6) is 0 Å². The molecule has 0 radical (unpaired) electrons. The maximum Gasteiger partial charge on any atom is 0.142 e. The highest BCUT2D eigenvalue weighted by atomic mass is 35.5. The van der Waals surface area contributed by atoms with Gasteiger partial charge in [-0.25, -0.2) is 4.39 Å². The first kappa shape index (κ1) is 12.8. The summed E-state index contributed by atoms with van der Waals surface area (Å²) in [4.78, 5) is 2.15. The van der Waals surface area contributed by atoms with Gasteiger partial charge in [0.1, 0.15) is 5.82 Å². The summed E-state index contributed by atoms with van der Waals surface area (Å²) in [5.41, 5.74) is 0.774. The Bertz CT molecular complexity index is 383. The van der Waals surface area contributed by atoms with Gasteiger partial charge in [0.05, 0.1) is 17.7 Å². The standard InChI is InChI=1S/C12H16ClFN2O/c13-10-2-1-9(7-11(10)14)12(8-17)16-5-3-15-4-6-16/h1-2,7,12,15,17H,3-6,8H2/t12-/m1/s1. The molecule has 17 heavy (non-hydrogen) atoms. The summed E-state index contributed by atoms with van der Waals surface area (Å²) in [5.74, 6) is -0.433. The van der Waals surface area contributed by atoms with Gasteiger partial charge in [-0.15, -0.1) is 0 Å². The Labute approximate surface area is 105 Å². The number of aliphatic hydroxyl groups is 1. The molecular weight excluding hydrogens is 243 g/mol. The summed E-state index contributed by atoms with van der Waals surface area (Å²) in [6, 6.07) is 4.57. The zero-order valence-electron chi connectivity index (χ0n) is 9.50. The van der Waals surface area contributed by atoms with E-state index >= 15 is 0 Å². The number of nitrogens with zero attached hydrogens (tertiary/aromatic N) is 1. The molecule has 1 fully saturated rings. The molecule has 0 amide bonds. The lowest BCUT2D eigenvalue weighted by atomic mass is 10.1. The lowest BCUT2D eigenvalue weighted by molar-refractivity contribution is 0.110. The van der Waals surface area contributed by atoms with Crippen molar-refractivity contribution in [2.24, 2.45) is 0 Å². The van der Waals surface area contributed by atoms with Gasteiger partial charge >= 0.3 is 0 Å². The van der Waals surface area contributed by atoms with E-state index in [0.29, 0.717) is 0 Å². The highest BCUT2D eigenvalue weighted by Crippen LogP contribution is 2.24. The first-order chi connectivity index (χ1) is 8.22. The minimum absolute atomic E-state index is 0.0128. The van der Waals surface area contributed by atoms with Crippen LogP contribution in [0.4, 0.5) is 4.39 Å². The number of rotatable bonds is 3. The summed E-state index contributed by atoms with van der Waals surface area (Å²) in [6.45, 7) is 3.49. The smallest absolute Gasteiger partial charge is 0.142 e. The van der Waals surface area contributed by atoms with Gasteiger partial charge in [-0.1, -0.05) is 17.7 Å². The zero-order chi connectivity index (χ0) is 12.3. The van der Waals surface area contributed by atoms with Crippen molar-refractivity contribution in [3.05, 3.63) is 34.6 Å². The Morgan fingerprint density at radius 2 is 2.12 bits per heavy atom. The topological polar surface area (TPSA) is 35.5 Å². The summed E-state index contributed by atoms with van der Waals surface area (Å²) >= 11 is 5.65. The molecule has 0 bridgehead atoms. The van der Waals surface area contributed by atoms with Gasteiger partial charge in [0.15, 0.2) is 0 Å². The van der Waals surface area contributed by atoms with E-state index in [2.05, 4.69) is 10.2 Å². The summed E-state index contributed by atoms with van der Waals surface area (Å²) in [7, 11) is 0. The van der Waals surface area contributed by atoms with Gasteiger partial charge < -0.3 is 10.4 Å². The molecule has 0 unspecified atom stereocenters. The Morgan fingerprint density at radius 1 is 1.41 bits per heavy atom. The number of piperazine rings is 1. The van der Waals surface area contributed by atoms with Gasteiger partial charge in [0.25, 0.3) is 0 Å². The fourth-order valence-corrected chi connectivity index (χ4v) is 2.26. The molecule has 1 aromatic carbocycles. The Balaban J connectivity index is 2.18. The molecular formula is C12H16ClFN2O. The minimum atomic E-state index is -0.433. The van der Waals surface area contributed by atoms with Crippen molar-refractivity contribution in [3.63, 3.8) is 0 Å². The second kappa shape index (κ2) is 5.78. The molecule has 1 saturated heterocycles. The molecule has 1 heterocycles. The predicted molar refractivity (Wildman–Crippen MR) is 65.7 cm³/mol. The average molecular weight is 259 g/mol. The Hall–Kier alpha value is -0.680. The highest BCUT2D eigenvalue weighted by molar-refractivity contribution is 6.30. The van der Waals surface area contributed by atoms with Crippen LogP contribution in [0, 0.1) is 5.82 Å². The van der Waals surface area contributed by atoms with Crippen LogP contribution >= 0.6 is 11.6 Å². The molecule has 1 atom stereocenters. The molecule has 0 spiro atoms. The molecule has 0 aromatic heterocycles. The third-order valence-electron chi connectivity index (χ3n) is 3.09. The molecule has 0 aliphatic carbocycles. The largest absolute Gasteiger partial charge is 0.394 e. The van der Waals surface area contributed by atoms with E-state index in [1.807, 2.05) is 0 Å². The fourth-order valence-electron chi connectivity index (χ4n) is 2.15. The zero-order valence-corrected chi connectivity index (χ0v) is 10.3. The van der Waals surface area contributed by atoms with Crippen molar-refractivity contribution in [2.45, 2.75) is 6.04 Å². The molecule has 94 valence electrons. The SMILES string of the molecule is OC[C@H](c1ccc(Cl)c(F)c1)N1CCNCC1. The second-order valence-electron chi connectivity index (χ2n) is 4.16. The number of hydrogen-bond acceptors (Lipinski definition) is 3. The van der Waals surface area contributed by atoms with Gasteiger partial charge in [0.2, 0.25) is 0 Å². The lowest BCUT2D eigenvalue weighted by Crippen LogP contribution is -2.46. The third-order valence-corrected chi connectivity index (χ3v) is 3.40. The summed E-state index contributed by atoms with van der Waals surface area (Å²) in [5, 5.41) is 12.8. The molecule has 0 saturated carbocycles. The van der Waals surface area contributed by atoms with Crippen molar-refractivity contribution < 1.29 is 9.50 Å². The van der Waals surface area contributed by atoms with E-state index in [0.717, 1.165) is 31.7 Å². The van der Waals surface area contributed by atoms with E-state index in [9.17, 15) is 9.50 Å². The van der Waals surface area contributed by atoms with Gasteiger partial charge in [0, 0.05) is 26.2 Å². The predicted octanol–water partition coefficient (Wildman–Crippen LogP) is 1.42. The average Bonchev–Trinajstić information content (AvgIpc) is 2.36. The van der Waals surface area contributed by atoms with E-state index in [1.165, 1.54) is 12.1 Å². The molecule has 2 rings (SSSR count). The van der Waals surface area contributed by atoms with Crippen molar-refractivity contribution in [3.8, 4) is 0 Å². The first-order valence-corrected chi connectivity index (χ1v) is 6.10. The number of halogens is 2.